The minimum Gasteiger partial charge on any atom is -0.482 e. The lowest BCUT2D eigenvalue weighted by molar-refractivity contribution is -0.152. The molecule has 0 spiro atoms. The molecule has 1 fully saturated rings. The number of carbonyl (C=O) groups excluding carboxylic acids is 1. The molecule has 156 valence electrons. The molecule has 3 rings (SSSR count). The minimum absolute atomic E-state index is 0.159. The number of carbonyl (C=O) groups is 1. The van der Waals surface area contributed by atoms with Crippen LogP contribution in [0.5, 0.6) is 5.75 Å². The molecule has 2 aromatic rings. The van der Waals surface area contributed by atoms with Gasteiger partial charge in [0.25, 0.3) is 0 Å². The van der Waals surface area contributed by atoms with E-state index in [1.807, 2.05) is 6.07 Å². The molecule has 1 aliphatic rings. The first-order chi connectivity index (χ1) is 13.9. The molecule has 0 amide bonds. The van der Waals surface area contributed by atoms with E-state index in [1.165, 1.54) is 6.33 Å². The Bertz CT molecular complexity index is 881. The van der Waals surface area contributed by atoms with Crippen LogP contribution >= 0.6 is 8.53 Å². The number of anilines is 1. The van der Waals surface area contributed by atoms with E-state index < -0.39 is 38.6 Å². The lowest BCUT2D eigenvalue weighted by atomic mass is 10.2. The monoisotopic (exact) mass is 425 g/mol. The van der Waals surface area contributed by atoms with Crippen LogP contribution < -0.4 is 21.7 Å². The summed E-state index contributed by atoms with van der Waals surface area (Å²) >= 11 is 0. The summed E-state index contributed by atoms with van der Waals surface area (Å²) in [5.41, 5.74) is 10.1. The van der Waals surface area contributed by atoms with E-state index in [-0.39, 0.29) is 25.6 Å². The van der Waals surface area contributed by atoms with Gasteiger partial charge in [0.1, 0.15) is 31.0 Å². The van der Waals surface area contributed by atoms with Crippen molar-refractivity contribution in [2.24, 2.45) is 5.50 Å². The zero-order valence-corrected chi connectivity index (χ0v) is 16.1. The zero-order valence-electron chi connectivity index (χ0n) is 15.2. The number of nitrogen functional groups attached to an aromatic ring is 1. The maximum Gasteiger partial charge on any atom is 0.354 e. The normalized spacial score (nSPS) is 22.2. The van der Waals surface area contributed by atoms with Crippen molar-refractivity contribution in [2.45, 2.75) is 24.9 Å². The molecule has 1 aromatic heterocycles. The Morgan fingerprint density at radius 3 is 2.83 bits per heavy atom. The van der Waals surface area contributed by atoms with Gasteiger partial charge in [-0.25, -0.2) is 14.6 Å². The van der Waals surface area contributed by atoms with Crippen LogP contribution in [-0.4, -0.2) is 50.8 Å². The summed E-state index contributed by atoms with van der Waals surface area (Å²) in [6.45, 7) is -0.480. The Morgan fingerprint density at radius 1 is 1.38 bits per heavy atom. The minimum atomic E-state index is -2.19. The summed E-state index contributed by atoms with van der Waals surface area (Å²) in [4.78, 5) is 40.6. The van der Waals surface area contributed by atoms with Gasteiger partial charge in [-0.2, -0.15) is 4.98 Å². The van der Waals surface area contributed by atoms with Crippen molar-refractivity contribution in [1.82, 2.24) is 14.5 Å². The van der Waals surface area contributed by atoms with Crippen molar-refractivity contribution in [3.8, 4) is 5.75 Å². The second-order valence-corrected chi connectivity index (χ2v) is 6.82. The highest BCUT2D eigenvalue weighted by atomic mass is 31.2. The van der Waals surface area contributed by atoms with Gasteiger partial charge in [0.2, 0.25) is 14.5 Å². The SMILES string of the molecule is Nc1ncn([C@H]2C[C@H](OP(N)O)[C@@H](COC(=O)COc3ccccc3)O2)c(=O)n1. The molecule has 13 heteroatoms. The topological polar surface area (TPSA) is 174 Å². The number of nitrogens with zero attached hydrogens (tertiary/aromatic N) is 3. The summed E-state index contributed by atoms with van der Waals surface area (Å²) in [6, 6.07) is 8.79. The van der Waals surface area contributed by atoms with E-state index in [0.29, 0.717) is 5.75 Å². The lowest BCUT2D eigenvalue weighted by Gasteiger charge is -2.19. The van der Waals surface area contributed by atoms with Crippen LogP contribution in [0.25, 0.3) is 0 Å². The molecule has 0 saturated carbocycles. The van der Waals surface area contributed by atoms with Crippen LogP contribution in [0, 0.1) is 0 Å². The molecule has 0 radical (unpaired) electrons. The summed E-state index contributed by atoms with van der Waals surface area (Å²) in [7, 11) is -2.19. The van der Waals surface area contributed by atoms with Gasteiger partial charge in [0, 0.05) is 6.42 Å². The van der Waals surface area contributed by atoms with Crippen molar-refractivity contribution in [3.63, 3.8) is 0 Å². The first-order valence-corrected chi connectivity index (χ1v) is 9.80. The summed E-state index contributed by atoms with van der Waals surface area (Å²) in [5.74, 6) is -0.256. The van der Waals surface area contributed by atoms with Gasteiger partial charge in [-0.15, -0.1) is 0 Å². The number of hydrogen-bond acceptors (Lipinski definition) is 11. The smallest absolute Gasteiger partial charge is 0.354 e. The molecule has 1 aliphatic heterocycles. The Kier molecular flexibility index (Phi) is 7.07. The van der Waals surface area contributed by atoms with Crippen molar-refractivity contribution >= 4 is 20.4 Å². The summed E-state index contributed by atoms with van der Waals surface area (Å²) < 4.78 is 22.6. The van der Waals surface area contributed by atoms with Crippen LogP contribution in [0.4, 0.5) is 5.95 Å². The highest BCUT2D eigenvalue weighted by Gasteiger charge is 2.39. The Balaban J connectivity index is 1.58. The number of rotatable bonds is 8. The Hall–Kier alpha value is -2.63. The number of ether oxygens (including phenoxy) is 3. The van der Waals surface area contributed by atoms with Crippen LogP contribution in [0.2, 0.25) is 0 Å². The van der Waals surface area contributed by atoms with Gasteiger partial charge in [0.15, 0.2) is 6.61 Å². The van der Waals surface area contributed by atoms with Crippen LogP contribution in [-0.2, 0) is 18.8 Å². The number of aromatic nitrogens is 3. The molecule has 0 bridgehead atoms. The Morgan fingerprint density at radius 2 is 2.14 bits per heavy atom. The molecular formula is C16H20N5O7P. The molecule has 29 heavy (non-hydrogen) atoms. The van der Waals surface area contributed by atoms with Gasteiger partial charge in [-0.3, -0.25) is 10.1 Å². The largest absolute Gasteiger partial charge is 0.482 e. The molecule has 1 saturated heterocycles. The second kappa shape index (κ2) is 9.72. The number of hydrogen-bond donors (Lipinski definition) is 3. The van der Waals surface area contributed by atoms with Gasteiger partial charge in [-0.05, 0) is 12.1 Å². The van der Waals surface area contributed by atoms with E-state index in [0.717, 1.165) is 4.57 Å². The first-order valence-electron chi connectivity index (χ1n) is 8.52. The van der Waals surface area contributed by atoms with Gasteiger partial charge in [0.05, 0.1) is 6.10 Å². The molecular weight excluding hydrogens is 405 g/mol. The Labute approximate surface area is 166 Å². The maximum absolute atomic E-state index is 12.0. The number of benzene rings is 1. The quantitative estimate of drug-likeness (QED) is 0.374. The van der Waals surface area contributed by atoms with Gasteiger partial charge < -0.3 is 29.4 Å². The van der Waals surface area contributed by atoms with E-state index in [2.05, 4.69) is 9.97 Å². The predicted molar refractivity (Wildman–Crippen MR) is 100 cm³/mol. The number of nitrogens with two attached hydrogens (primary N) is 2. The molecule has 2 heterocycles. The summed E-state index contributed by atoms with van der Waals surface area (Å²) in [5, 5.41) is 0. The fourth-order valence-corrected chi connectivity index (χ4v) is 3.20. The third kappa shape index (κ3) is 5.92. The fraction of sp³-hybridized carbons (Fsp3) is 0.375. The number of para-hydroxylation sites is 1. The van der Waals surface area contributed by atoms with Crippen molar-refractivity contribution < 1.29 is 28.4 Å². The number of esters is 1. The van der Waals surface area contributed by atoms with Gasteiger partial charge in [-0.1, -0.05) is 18.2 Å². The average Bonchev–Trinajstić information content (AvgIpc) is 3.07. The van der Waals surface area contributed by atoms with Crippen LogP contribution in [0.1, 0.15) is 12.6 Å². The third-order valence-electron chi connectivity index (χ3n) is 3.99. The molecule has 12 nitrogen and oxygen atoms in total. The fourth-order valence-electron chi connectivity index (χ4n) is 2.70. The van der Waals surface area contributed by atoms with Crippen LogP contribution in [0.3, 0.4) is 0 Å². The average molecular weight is 425 g/mol. The van der Waals surface area contributed by atoms with E-state index in [4.69, 9.17) is 30.0 Å². The molecule has 1 unspecified atom stereocenters. The van der Waals surface area contributed by atoms with E-state index >= 15 is 0 Å². The molecule has 0 aliphatic carbocycles. The lowest BCUT2D eigenvalue weighted by Crippen LogP contribution is -2.31. The molecule has 1 aromatic carbocycles. The standard InChI is InChI=1S/C16H20N5O7P/c17-15-19-9-21(16(23)20-15)13-6-11(28-29(18)24)12(27-13)7-26-14(22)8-25-10-4-2-1-3-5-10/h1-5,9,11-13,24H,6-8,18H2,(H2,17,20,23)/t11-,12+,13+,29?/m0/s1. The highest BCUT2D eigenvalue weighted by molar-refractivity contribution is 7.43. The maximum atomic E-state index is 12.0. The predicted octanol–water partition coefficient (Wildman–Crippen LogP) is -0.307. The second-order valence-electron chi connectivity index (χ2n) is 6.00. The van der Waals surface area contributed by atoms with Gasteiger partial charge >= 0.3 is 11.7 Å². The van der Waals surface area contributed by atoms with E-state index in [9.17, 15) is 14.5 Å². The first kappa shape index (κ1) is 21.1. The van der Waals surface area contributed by atoms with Crippen molar-refractivity contribution in [1.29, 1.82) is 0 Å². The van der Waals surface area contributed by atoms with Crippen LogP contribution in [0.15, 0.2) is 41.5 Å². The van der Waals surface area contributed by atoms with E-state index in [1.54, 1.807) is 24.3 Å². The highest BCUT2D eigenvalue weighted by Crippen LogP contribution is 2.36. The molecule has 4 atom stereocenters. The third-order valence-corrected chi connectivity index (χ3v) is 4.47. The zero-order chi connectivity index (χ0) is 20.8. The summed E-state index contributed by atoms with van der Waals surface area (Å²) in [6.07, 6.45) is -0.933. The molecule has 5 N–H and O–H groups in total. The van der Waals surface area contributed by atoms with Crippen molar-refractivity contribution in [3.05, 3.63) is 47.1 Å². The van der Waals surface area contributed by atoms with Crippen molar-refractivity contribution in [2.75, 3.05) is 18.9 Å².